The zero-order chi connectivity index (χ0) is 16.0. The van der Waals surface area contributed by atoms with Gasteiger partial charge in [0.2, 0.25) is 0 Å². The van der Waals surface area contributed by atoms with Crippen molar-refractivity contribution in [3.05, 3.63) is 64.2 Å². The van der Waals surface area contributed by atoms with E-state index in [0.29, 0.717) is 16.4 Å². The summed E-state index contributed by atoms with van der Waals surface area (Å²) in [6, 6.07) is 10.3. The summed E-state index contributed by atoms with van der Waals surface area (Å²) in [6.45, 7) is -2.71. The lowest BCUT2D eigenvalue weighted by Gasteiger charge is -2.09. The van der Waals surface area contributed by atoms with Crippen molar-refractivity contribution in [1.29, 1.82) is 0 Å². The minimum absolute atomic E-state index is 0.00361. The first kappa shape index (κ1) is 14.1. The summed E-state index contributed by atoms with van der Waals surface area (Å²) in [6.07, 6.45) is 1.62. The van der Waals surface area contributed by atoms with Crippen molar-refractivity contribution in [3.63, 3.8) is 0 Å². The molecule has 0 aliphatic heterocycles. The van der Waals surface area contributed by atoms with Gasteiger partial charge in [-0.05, 0) is 29.6 Å². The molecule has 0 spiro atoms. The minimum Gasteiger partial charge on any atom is -0.307 e. The number of hydrogen-bond donors (Lipinski definition) is 0. The Hall–Kier alpha value is -2.54. The number of halogens is 2. The number of alkyl halides is 2. The van der Waals surface area contributed by atoms with Crippen LogP contribution in [0.15, 0.2) is 52.8 Å². The molecule has 0 saturated heterocycles. The van der Waals surface area contributed by atoms with Crippen molar-refractivity contribution in [3.8, 4) is 0 Å². The number of benzene rings is 1. The third kappa shape index (κ3) is 2.24. The van der Waals surface area contributed by atoms with Crippen LogP contribution in [0.1, 0.15) is 12.4 Å². The highest BCUT2D eigenvalue weighted by Crippen LogP contribution is 2.23. The average Bonchev–Trinajstić information content (AvgIpc) is 3.14. The smallest absolute Gasteiger partial charge is 0.307 e. The number of imidazole rings is 1. The molecule has 116 valence electrons. The van der Waals surface area contributed by atoms with Gasteiger partial charge >= 0.3 is 6.55 Å². The van der Waals surface area contributed by atoms with Gasteiger partial charge in [0.05, 0.1) is 23.0 Å². The summed E-state index contributed by atoms with van der Waals surface area (Å²) in [4.78, 5) is 16.7. The summed E-state index contributed by atoms with van der Waals surface area (Å²) in [5.41, 5.74) is 0.659. The van der Waals surface area contributed by atoms with Crippen LogP contribution in [-0.4, -0.2) is 14.1 Å². The summed E-state index contributed by atoms with van der Waals surface area (Å²) in [5.74, 6) is 0.165. The van der Waals surface area contributed by atoms with E-state index in [-0.39, 0.29) is 17.9 Å². The molecule has 23 heavy (non-hydrogen) atoms. The van der Waals surface area contributed by atoms with Crippen LogP contribution in [0, 0.1) is 0 Å². The molecule has 4 rings (SSSR count). The molecule has 0 aliphatic carbocycles. The Balaban J connectivity index is 1.87. The minimum atomic E-state index is -2.71. The highest BCUT2D eigenvalue weighted by atomic mass is 32.1. The number of para-hydroxylation sites is 2. The van der Waals surface area contributed by atoms with E-state index in [1.807, 2.05) is 11.4 Å². The lowest BCUT2D eigenvalue weighted by Crippen LogP contribution is -2.21. The molecular weight excluding hydrogens is 320 g/mol. The number of fused-ring (bicyclic) bond motifs is 2. The fourth-order valence-corrected chi connectivity index (χ4v) is 3.48. The molecule has 0 aliphatic rings. The van der Waals surface area contributed by atoms with Crippen molar-refractivity contribution in [2.24, 2.45) is 0 Å². The molecule has 0 saturated carbocycles. The zero-order valence-corrected chi connectivity index (χ0v) is 12.6. The van der Waals surface area contributed by atoms with E-state index in [1.54, 1.807) is 36.5 Å². The molecule has 0 atom stereocenters. The van der Waals surface area contributed by atoms with Gasteiger partial charge in [-0.3, -0.25) is 9.36 Å². The van der Waals surface area contributed by atoms with Crippen LogP contribution >= 0.6 is 11.3 Å². The maximum Gasteiger partial charge on any atom is 0.320 e. The third-order valence-corrected chi connectivity index (χ3v) is 4.65. The van der Waals surface area contributed by atoms with Crippen LogP contribution in [-0.2, 0) is 6.54 Å². The summed E-state index contributed by atoms with van der Waals surface area (Å²) in [7, 11) is 0. The second kappa shape index (κ2) is 5.27. The third-order valence-electron chi connectivity index (χ3n) is 3.77. The summed E-state index contributed by atoms with van der Waals surface area (Å²) in [5, 5.41) is 2.43. The summed E-state index contributed by atoms with van der Waals surface area (Å²) >= 11 is 1.47. The van der Waals surface area contributed by atoms with E-state index >= 15 is 0 Å². The predicted octanol–water partition coefficient (Wildman–Crippen LogP) is 3.86. The number of thiophene rings is 1. The van der Waals surface area contributed by atoms with Crippen LogP contribution in [0.3, 0.4) is 0 Å². The first-order valence-electron chi connectivity index (χ1n) is 6.96. The van der Waals surface area contributed by atoms with Crippen molar-refractivity contribution < 1.29 is 8.78 Å². The maximum absolute atomic E-state index is 13.4. The number of pyridine rings is 1. The van der Waals surface area contributed by atoms with Crippen LogP contribution < -0.4 is 5.56 Å². The zero-order valence-electron chi connectivity index (χ0n) is 11.8. The lowest BCUT2D eigenvalue weighted by atomic mass is 10.3. The van der Waals surface area contributed by atoms with Gasteiger partial charge in [-0.2, -0.15) is 8.78 Å². The Labute approximate surface area is 133 Å². The molecule has 1 aromatic carbocycles. The highest BCUT2D eigenvalue weighted by molar-refractivity contribution is 7.17. The van der Waals surface area contributed by atoms with Gasteiger partial charge in [-0.25, -0.2) is 4.98 Å². The molecule has 3 heterocycles. The molecule has 0 radical (unpaired) electrons. The average molecular weight is 331 g/mol. The molecule has 3 aromatic heterocycles. The molecule has 4 nitrogen and oxygen atoms in total. The molecule has 0 bridgehead atoms. The normalized spacial score (nSPS) is 11.8. The van der Waals surface area contributed by atoms with E-state index in [4.69, 9.17) is 0 Å². The fourth-order valence-electron chi connectivity index (χ4n) is 2.71. The number of aromatic nitrogens is 3. The lowest BCUT2D eigenvalue weighted by molar-refractivity contribution is 0.0711. The molecule has 4 aromatic rings. The second-order valence-corrected chi connectivity index (χ2v) is 6.06. The Morgan fingerprint density at radius 2 is 2.00 bits per heavy atom. The first-order chi connectivity index (χ1) is 11.1. The standard InChI is InChI=1S/C16H11F2N3OS/c17-16(18)21-12-4-2-1-3-11(12)19-14(21)9-20-7-5-13-10(15(20)22)6-8-23-13/h1-8,16H,9H2. The topological polar surface area (TPSA) is 39.8 Å². The van der Waals surface area contributed by atoms with Gasteiger partial charge in [-0.15, -0.1) is 11.3 Å². The van der Waals surface area contributed by atoms with Gasteiger partial charge in [0.15, 0.2) is 0 Å². The van der Waals surface area contributed by atoms with E-state index in [0.717, 1.165) is 9.27 Å². The second-order valence-electron chi connectivity index (χ2n) is 5.11. The Morgan fingerprint density at radius 1 is 1.17 bits per heavy atom. The van der Waals surface area contributed by atoms with E-state index in [9.17, 15) is 13.6 Å². The van der Waals surface area contributed by atoms with Crippen LogP contribution in [0.2, 0.25) is 0 Å². The van der Waals surface area contributed by atoms with Crippen molar-refractivity contribution >= 4 is 32.5 Å². The summed E-state index contributed by atoms with van der Waals surface area (Å²) < 4.78 is 30.0. The van der Waals surface area contributed by atoms with E-state index in [2.05, 4.69) is 4.98 Å². The number of hydrogen-bond acceptors (Lipinski definition) is 3. The Morgan fingerprint density at radius 3 is 2.83 bits per heavy atom. The molecule has 0 amide bonds. The molecule has 0 unspecified atom stereocenters. The monoisotopic (exact) mass is 331 g/mol. The van der Waals surface area contributed by atoms with Crippen LogP contribution in [0.5, 0.6) is 0 Å². The highest BCUT2D eigenvalue weighted by Gasteiger charge is 2.18. The molecule has 0 N–H and O–H groups in total. The molecular formula is C16H11F2N3OS. The van der Waals surface area contributed by atoms with E-state index < -0.39 is 6.55 Å². The quantitative estimate of drug-likeness (QED) is 0.572. The fraction of sp³-hybridized carbons (Fsp3) is 0.125. The van der Waals surface area contributed by atoms with Crippen molar-refractivity contribution in [1.82, 2.24) is 14.1 Å². The van der Waals surface area contributed by atoms with Crippen molar-refractivity contribution in [2.45, 2.75) is 13.1 Å². The van der Waals surface area contributed by atoms with Crippen LogP contribution in [0.4, 0.5) is 8.78 Å². The van der Waals surface area contributed by atoms with Gasteiger partial charge in [-0.1, -0.05) is 12.1 Å². The molecule has 0 fully saturated rings. The molecule has 7 heteroatoms. The SMILES string of the molecule is O=c1c2ccsc2ccn1Cc1nc2ccccc2n1C(F)F. The Kier molecular flexibility index (Phi) is 3.23. The first-order valence-corrected chi connectivity index (χ1v) is 7.84. The van der Waals surface area contributed by atoms with Gasteiger partial charge in [0.25, 0.3) is 5.56 Å². The Bertz CT molecular complexity index is 1060. The predicted molar refractivity (Wildman–Crippen MR) is 86.2 cm³/mol. The van der Waals surface area contributed by atoms with Crippen molar-refractivity contribution in [2.75, 3.05) is 0 Å². The number of nitrogens with zero attached hydrogens (tertiary/aromatic N) is 3. The number of rotatable bonds is 3. The van der Waals surface area contributed by atoms with E-state index in [1.165, 1.54) is 15.9 Å². The largest absolute Gasteiger partial charge is 0.320 e. The van der Waals surface area contributed by atoms with Crippen LogP contribution in [0.25, 0.3) is 21.1 Å². The van der Waals surface area contributed by atoms with Gasteiger partial charge in [0.1, 0.15) is 5.82 Å². The van der Waals surface area contributed by atoms with Gasteiger partial charge in [0, 0.05) is 10.9 Å². The maximum atomic E-state index is 13.4. The van der Waals surface area contributed by atoms with Gasteiger partial charge < -0.3 is 4.57 Å².